The highest BCUT2D eigenvalue weighted by Gasteiger charge is 2.07. The zero-order chi connectivity index (χ0) is 18.4. The Balaban J connectivity index is 1.46. The third-order valence-electron chi connectivity index (χ3n) is 3.97. The molecule has 1 heterocycles. The average molecular weight is 351 g/mol. The summed E-state index contributed by atoms with van der Waals surface area (Å²) in [4.78, 5) is 28.5. The number of para-hydroxylation sites is 1. The predicted octanol–water partition coefficient (Wildman–Crippen LogP) is 3.02. The van der Waals surface area contributed by atoms with Crippen LogP contribution in [0.2, 0.25) is 0 Å². The van der Waals surface area contributed by atoms with Crippen molar-refractivity contribution in [3.05, 3.63) is 70.8 Å². The van der Waals surface area contributed by atoms with Crippen molar-refractivity contribution in [3.8, 4) is 5.75 Å². The molecule has 0 saturated heterocycles. The maximum Gasteiger partial charge on any atom is 0.280 e. The van der Waals surface area contributed by atoms with Gasteiger partial charge in [0.25, 0.3) is 5.56 Å². The Hall–Kier alpha value is -3.15. The van der Waals surface area contributed by atoms with Crippen LogP contribution in [0.5, 0.6) is 5.75 Å². The number of carbonyl (C=O) groups is 1. The smallest absolute Gasteiger partial charge is 0.280 e. The number of aryl methyl sites for hydroxylation is 1. The van der Waals surface area contributed by atoms with Crippen LogP contribution in [0.15, 0.2) is 59.7 Å². The van der Waals surface area contributed by atoms with Crippen molar-refractivity contribution in [2.45, 2.75) is 26.2 Å². The van der Waals surface area contributed by atoms with E-state index >= 15 is 0 Å². The van der Waals surface area contributed by atoms with E-state index in [1.165, 1.54) is 6.33 Å². The Bertz CT molecular complexity index is 966. The Morgan fingerprint density at radius 2 is 2.00 bits per heavy atom. The van der Waals surface area contributed by atoms with E-state index in [1.54, 1.807) is 18.2 Å². The van der Waals surface area contributed by atoms with Gasteiger partial charge in [0.05, 0.1) is 17.5 Å². The third kappa shape index (κ3) is 4.47. The molecule has 6 nitrogen and oxygen atoms in total. The summed E-state index contributed by atoms with van der Waals surface area (Å²) in [6.45, 7) is 2.56. The van der Waals surface area contributed by atoms with E-state index in [2.05, 4.69) is 10.4 Å². The quantitative estimate of drug-likeness (QED) is 0.664. The number of benzene rings is 2. The lowest BCUT2D eigenvalue weighted by Gasteiger charge is -2.09. The average Bonchev–Trinajstić information content (AvgIpc) is 2.64. The molecule has 0 radical (unpaired) electrons. The van der Waals surface area contributed by atoms with Crippen molar-refractivity contribution in [3.63, 3.8) is 0 Å². The second-order valence-corrected chi connectivity index (χ2v) is 6.09. The largest absolute Gasteiger partial charge is 0.494 e. The number of nitrogens with one attached hydrogen (secondary N) is 1. The molecule has 0 fully saturated rings. The van der Waals surface area contributed by atoms with Gasteiger partial charge in [0, 0.05) is 6.42 Å². The van der Waals surface area contributed by atoms with E-state index in [1.807, 2.05) is 37.3 Å². The molecule has 0 aliphatic rings. The van der Waals surface area contributed by atoms with Crippen LogP contribution in [0, 0.1) is 6.92 Å². The van der Waals surface area contributed by atoms with Gasteiger partial charge in [-0.25, -0.2) is 9.66 Å². The molecule has 0 aliphatic carbocycles. The molecule has 1 N–H and O–H groups in total. The molecule has 0 saturated carbocycles. The molecule has 0 bridgehead atoms. The molecule has 26 heavy (non-hydrogen) atoms. The van der Waals surface area contributed by atoms with E-state index < -0.39 is 0 Å². The number of hydrogen-bond donors (Lipinski definition) is 1. The fourth-order valence-electron chi connectivity index (χ4n) is 2.62. The van der Waals surface area contributed by atoms with E-state index in [0.717, 1.165) is 22.4 Å². The normalized spacial score (nSPS) is 10.7. The summed E-state index contributed by atoms with van der Waals surface area (Å²) in [6.07, 6.45) is 3.08. The zero-order valence-corrected chi connectivity index (χ0v) is 14.6. The van der Waals surface area contributed by atoms with Crippen molar-refractivity contribution in [2.75, 3.05) is 12.0 Å². The summed E-state index contributed by atoms with van der Waals surface area (Å²) >= 11 is 0. The molecule has 0 atom stereocenters. The highest BCUT2D eigenvalue weighted by molar-refractivity contribution is 5.84. The molecule has 0 aliphatic heterocycles. The molecule has 2 aromatic carbocycles. The summed E-state index contributed by atoms with van der Waals surface area (Å²) < 4.78 is 6.79. The Morgan fingerprint density at radius 3 is 2.85 bits per heavy atom. The first-order valence-electron chi connectivity index (χ1n) is 8.59. The van der Waals surface area contributed by atoms with Crippen molar-refractivity contribution in [2.24, 2.45) is 0 Å². The van der Waals surface area contributed by atoms with E-state index in [4.69, 9.17) is 4.74 Å². The van der Waals surface area contributed by atoms with Gasteiger partial charge in [-0.1, -0.05) is 24.3 Å². The highest BCUT2D eigenvalue weighted by atomic mass is 16.5. The Labute approximate surface area is 151 Å². The summed E-state index contributed by atoms with van der Waals surface area (Å²) in [5, 5.41) is 0.474. The number of amides is 1. The van der Waals surface area contributed by atoms with E-state index in [-0.39, 0.29) is 11.5 Å². The maximum atomic E-state index is 12.3. The molecule has 0 spiro atoms. The fraction of sp³-hybridized carbons (Fsp3) is 0.250. The number of carbonyl (C=O) groups excluding carboxylic acids is 1. The van der Waals surface area contributed by atoms with Crippen LogP contribution in [0.25, 0.3) is 10.9 Å². The van der Waals surface area contributed by atoms with Crippen LogP contribution < -0.4 is 15.7 Å². The van der Waals surface area contributed by atoms with Crippen LogP contribution in [0.4, 0.5) is 0 Å². The summed E-state index contributed by atoms with van der Waals surface area (Å²) in [7, 11) is 0. The van der Waals surface area contributed by atoms with Gasteiger partial charge in [0.1, 0.15) is 12.1 Å². The fourth-order valence-corrected chi connectivity index (χ4v) is 2.62. The van der Waals surface area contributed by atoms with Crippen LogP contribution in [-0.2, 0) is 4.79 Å². The van der Waals surface area contributed by atoms with Crippen LogP contribution in [0.1, 0.15) is 24.8 Å². The summed E-state index contributed by atoms with van der Waals surface area (Å²) in [5.41, 5.74) is 4.05. The number of fused-ring (bicyclic) bond motifs is 1. The Kier molecular flexibility index (Phi) is 5.63. The van der Waals surface area contributed by atoms with Crippen molar-refractivity contribution >= 4 is 16.8 Å². The first kappa shape index (κ1) is 17.7. The van der Waals surface area contributed by atoms with Crippen LogP contribution >= 0.6 is 0 Å². The standard InChI is InChI=1S/C20H21N3O3/c1-15-7-6-8-16(13-15)26-12-5-4-11-19(24)22-23-14-21-18-10-3-2-9-17(18)20(23)25/h2-3,6-10,13-14H,4-5,11-12H2,1H3,(H,22,24). The Morgan fingerprint density at radius 1 is 1.15 bits per heavy atom. The minimum Gasteiger partial charge on any atom is -0.494 e. The van der Waals surface area contributed by atoms with Gasteiger partial charge in [-0.15, -0.1) is 0 Å². The monoisotopic (exact) mass is 351 g/mol. The minimum absolute atomic E-state index is 0.222. The lowest BCUT2D eigenvalue weighted by atomic mass is 10.2. The predicted molar refractivity (Wildman–Crippen MR) is 101 cm³/mol. The molecule has 6 heteroatoms. The minimum atomic E-state index is -0.285. The first-order chi connectivity index (χ1) is 12.6. The lowest BCUT2D eigenvalue weighted by molar-refractivity contribution is -0.117. The van der Waals surface area contributed by atoms with Crippen LogP contribution in [0.3, 0.4) is 0 Å². The molecule has 3 rings (SSSR count). The lowest BCUT2D eigenvalue weighted by Crippen LogP contribution is -2.33. The number of hydrogen-bond acceptors (Lipinski definition) is 4. The van der Waals surface area contributed by atoms with E-state index in [9.17, 15) is 9.59 Å². The van der Waals surface area contributed by atoms with Gasteiger partial charge in [0.15, 0.2) is 0 Å². The highest BCUT2D eigenvalue weighted by Crippen LogP contribution is 2.13. The van der Waals surface area contributed by atoms with E-state index in [0.29, 0.717) is 30.4 Å². The van der Waals surface area contributed by atoms with Gasteiger partial charge in [-0.3, -0.25) is 15.0 Å². The second-order valence-electron chi connectivity index (χ2n) is 6.09. The van der Waals surface area contributed by atoms with Crippen molar-refractivity contribution < 1.29 is 9.53 Å². The summed E-state index contributed by atoms with van der Waals surface area (Å²) in [6, 6.07) is 14.9. The molecule has 1 amide bonds. The van der Waals surface area contributed by atoms with Crippen LogP contribution in [-0.4, -0.2) is 22.2 Å². The molecular weight excluding hydrogens is 330 g/mol. The molecule has 1 aromatic heterocycles. The van der Waals surface area contributed by atoms with Gasteiger partial charge >= 0.3 is 0 Å². The van der Waals surface area contributed by atoms with Crippen molar-refractivity contribution in [1.29, 1.82) is 0 Å². The second kappa shape index (κ2) is 8.29. The van der Waals surface area contributed by atoms with Crippen molar-refractivity contribution in [1.82, 2.24) is 9.66 Å². The number of rotatable bonds is 7. The molecule has 134 valence electrons. The van der Waals surface area contributed by atoms with Gasteiger partial charge in [-0.2, -0.15) is 0 Å². The molecule has 0 unspecified atom stereocenters. The third-order valence-corrected chi connectivity index (χ3v) is 3.97. The number of nitrogens with zero attached hydrogens (tertiary/aromatic N) is 2. The molecule has 3 aromatic rings. The van der Waals surface area contributed by atoms with Gasteiger partial charge in [-0.05, 0) is 49.6 Å². The number of ether oxygens (including phenoxy) is 1. The topological polar surface area (TPSA) is 73.2 Å². The first-order valence-corrected chi connectivity index (χ1v) is 8.59. The maximum absolute atomic E-state index is 12.3. The summed E-state index contributed by atoms with van der Waals surface area (Å²) in [5.74, 6) is 0.614. The number of unbranched alkanes of at least 4 members (excludes halogenated alkanes) is 1. The SMILES string of the molecule is Cc1cccc(OCCCCC(=O)Nn2cnc3ccccc3c2=O)c1. The zero-order valence-electron chi connectivity index (χ0n) is 14.6. The van der Waals surface area contributed by atoms with Gasteiger partial charge < -0.3 is 4.74 Å². The molecular formula is C20H21N3O3. The van der Waals surface area contributed by atoms with Gasteiger partial charge in [0.2, 0.25) is 5.91 Å². The number of aromatic nitrogens is 2.